The van der Waals surface area contributed by atoms with E-state index in [0.29, 0.717) is 24.1 Å². The Hall–Kier alpha value is -3.75. The van der Waals surface area contributed by atoms with Gasteiger partial charge in [0.25, 0.3) is 0 Å². The number of tetrazole rings is 1. The molecule has 9 nitrogen and oxygen atoms in total. The molecule has 0 fully saturated rings. The number of anilines is 3. The lowest BCUT2D eigenvalue weighted by molar-refractivity contribution is 0.490. The van der Waals surface area contributed by atoms with Gasteiger partial charge < -0.3 is 15.1 Å². The summed E-state index contributed by atoms with van der Waals surface area (Å²) in [7, 11) is 0. The van der Waals surface area contributed by atoms with Gasteiger partial charge in [-0.2, -0.15) is 9.67 Å². The largest absolute Gasteiger partial charge is 0.465 e. The van der Waals surface area contributed by atoms with Crippen molar-refractivity contribution in [2.24, 2.45) is 0 Å². The van der Waals surface area contributed by atoms with Crippen molar-refractivity contribution in [1.29, 1.82) is 0 Å². The first-order valence-corrected chi connectivity index (χ1v) is 8.09. The maximum absolute atomic E-state index is 5.56. The third-order valence-corrected chi connectivity index (χ3v) is 4.10. The fourth-order valence-corrected chi connectivity index (χ4v) is 2.88. The second kappa shape index (κ2) is 5.66. The van der Waals surface area contributed by atoms with Gasteiger partial charge in [-0.3, -0.25) is 0 Å². The molecular formula is C17H14N8O. The molecule has 1 aliphatic rings. The zero-order valence-electron chi connectivity index (χ0n) is 13.8. The van der Waals surface area contributed by atoms with Crippen LogP contribution in [0.25, 0.3) is 17.1 Å². The van der Waals surface area contributed by atoms with Gasteiger partial charge >= 0.3 is 0 Å². The first-order chi connectivity index (χ1) is 12.8. The topological polar surface area (TPSA) is 107 Å². The summed E-state index contributed by atoms with van der Waals surface area (Å²) in [5.74, 6) is 3.41. The number of aryl methyl sites for hydroxylation is 1. The lowest BCUT2D eigenvalue weighted by Gasteiger charge is -2.09. The van der Waals surface area contributed by atoms with Crippen molar-refractivity contribution in [3.63, 3.8) is 0 Å². The Balaban J connectivity index is 1.52. The molecule has 4 aromatic rings. The summed E-state index contributed by atoms with van der Waals surface area (Å²) >= 11 is 0. The number of rotatable bonds is 3. The van der Waals surface area contributed by atoms with Crippen LogP contribution in [0.1, 0.15) is 11.5 Å². The summed E-state index contributed by atoms with van der Waals surface area (Å²) in [5.41, 5.74) is 2.45. The number of nitrogens with zero attached hydrogens (tertiary/aromatic N) is 6. The molecule has 1 aromatic carbocycles. The fourth-order valence-electron chi connectivity index (χ4n) is 2.88. The van der Waals surface area contributed by atoms with Crippen molar-refractivity contribution in [2.45, 2.75) is 13.5 Å². The Morgan fingerprint density at radius 1 is 1.19 bits per heavy atom. The van der Waals surface area contributed by atoms with Crippen molar-refractivity contribution in [2.75, 3.05) is 10.6 Å². The predicted octanol–water partition coefficient (Wildman–Crippen LogP) is 2.69. The van der Waals surface area contributed by atoms with Crippen LogP contribution in [0.5, 0.6) is 0 Å². The number of para-hydroxylation sites is 2. The number of fused-ring (bicyclic) bond motifs is 5. The fraction of sp³-hybridized carbons (Fsp3) is 0.118. The van der Waals surface area contributed by atoms with Crippen LogP contribution in [0, 0.1) is 6.92 Å². The highest BCUT2D eigenvalue weighted by Gasteiger charge is 2.23. The molecule has 0 spiro atoms. The summed E-state index contributed by atoms with van der Waals surface area (Å²) in [4.78, 5) is 8.97. The van der Waals surface area contributed by atoms with E-state index in [1.165, 1.54) is 0 Å². The number of aromatic nitrogens is 6. The van der Waals surface area contributed by atoms with Crippen LogP contribution >= 0.6 is 0 Å². The van der Waals surface area contributed by atoms with E-state index in [-0.39, 0.29) is 0 Å². The third-order valence-electron chi connectivity index (χ3n) is 4.10. The molecule has 0 radical (unpaired) electrons. The standard InChI is InChI=1S/C17H14N8O/c1-10-6-7-11(26-10)8-18-17-19-9-12-15(21-17)20-13-4-2-3-5-14(13)25-16(12)22-23-24-25/h2-7,9H,8H2,1H3,(H2,18,19,20,21). The van der Waals surface area contributed by atoms with Crippen molar-refractivity contribution in [1.82, 2.24) is 30.2 Å². The predicted molar refractivity (Wildman–Crippen MR) is 94.2 cm³/mol. The lowest BCUT2D eigenvalue weighted by atomic mass is 10.2. The van der Waals surface area contributed by atoms with Gasteiger partial charge in [0.1, 0.15) is 17.3 Å². The van der Waals surface area contributed by atoms with Gasteiger partial charge in [0, 0.05) is 6.20 Å². The average molecular weight is 346 g/mol. The van der Waals surface area contributed by atoms with E-state index in [1.807, 2.05) is 43.3 Å². The van der Waals surface area contributed by atoms with Crippen molar-refractivity contribution >= 4 is 17.5 Å². The summed E-state index contributed by atoms with van der Waals surface area (Å²) in [5, 5.41) is 18.5. The van der Waals surface area contributed by atoms with Crippen molar-refractivity contribution < 1.29 is 4.42 Å². The highest BCUT2D eigenvalue weighted by atomic mass is 16.3. The molecule has 5 rings (SSSR count). The van der Waals surface area contributed by atoms with Crippen molar-refractivity contribution in [3.8, 4) is 17.1 Å². The van der Waals surface area contributed by atoms with Crippen LogP contribution in [-0.2, 0) is 6.54 Å². The molecule has 0 bridgehead atoms. The Morgan fingerprint density at radius 3 is 3.00 bits per heavy atom. The van der Waals surface area contributed by atoms with Crippen LogP contribution in [-0.4, -0.2) is 30.2 Å². The molecule has 0 aliphatic carbocycles. The van der Waals surface area contributed by atoms with Crippen LogP contribution in [0.15, 0.2) is 47.0 Å². The maximum atomic E-state index is 5.56. The van der Waals surface area contributed by atoms with E-state index >= 15 is 0 Å². The Kier molecular flexibility index (Phi) is 3.17. The smallest absolute Gasteiger partial charge is 0.225 e. The normalized spacial score (nSPS) is 11.7. The molecule has 4 heterocycles. The second-order valence-electron chi connectivity index (χ2n) is 5.88. The van der Waals surface area contributed by atoms with Crippen LogP contribution in [0.2, 0.25) is 0 Å². The molecule has 0 saturated heterocycles. The monoisotopic (exact) mass is 346 g/mol. The van der Waals surface area contributed by atoms with Gasteiger partial charge in [0.05, 0.1) is 23.5 Å². The van der Waals surface area contributed by atoms with Gasteiger partial charge in [-0.25, -0.2) is 4.98 Å². The molecular weight excluding hydrogens is 332 g/mol. The minimum atomic E-state index is 0.490. The quantitative estimate of drug-likeness (QED) is 0.513. The summed E-state index contributed by atoms with van der Waals surface area (Å²) in [6.07, 6.45) is 1.71. The molecule has 3 aromatic heterocycles. The average Bonchev–Trinajstić information content (AvgIpc) is 3.27. The number of hydrogen-bond donors (Lipinski definition) is 2. The van der Waals surface area contributed by atoms with E-state index in [4.69, 9.17) is 4.42 Å². The van der Waals surface area contributed by atoms with Gasteiger partial charge in [0.2, 0.25) is 5.95 Å². The second-order valence-corrected chi connectivity index (χ2v) is 5.88. The van der Waals surface area contributed by atoms with E-state index < -0.39 is 0 Å². The lowest BCUT2D eigenvalue weighted by Crippen LogP contribution is -2.05. The Morgan fingerprint density at radius 2 is 2.12 bits per heavy atom. The maximum Gasteiger partial charge on any atom is 0.225 e. The van der Waals surface area contributed by atoms with Crippen LogP contribution in [0.4, 0.5) is 17.5 Å². The minimum absolute atomic E-state index is 0.490. The highest BCUT2D eigenvalue weighted by molar-refractivity contribution is 5.81. The summed E-state index contributed by atoms with van der Waals surface area (Å²) < 4.78 is 7.23. The van der Waals surface area contributed by atoms with E-state index in [9.17, 15) is 0 Å². The van der Waals surface area contributed by atoms with Crippen LogP contribution < -0.4 is 10.6 Å². The molecule has 1 aliphatic heterocycles. The van der Waals surface area contributed by atoms with E-state index in [0.717, 1.165) is 28.5 Å². The number of hydrogen-bond acceptors (Lipinski definition) is 8. The highest BCUT2D eigenvalue weighted by Crippen LogP contribution is 2.35. The molecule has 0 atom stereocenters. The zero-order valence-corrected chi connectivity index (χ0v) is 13.8. The van der Waals surface area contributed by atoms with Crippen molar-refractivity contribution in [3.05, 3.63) is 54.1 Å². The molecule has 0 saturated carbocycles. The molecule has 26 heavy (non-hydrogen) atoms. The van der Waals surface area contributed by atoms with Gasteiger partial charge in [-0.15, -0.1) is 5.10 Å². The summed E-state index contributed by atoms with van der Waals surface area (Å²) in [6.45, 7) is 2.41. The zero-order chi connectivity index (χ0) is 17.5. The SMILES string of the molecule is Cc1ccc(CNc2ncc3c(n2)Nc2ccccc2-n2nnnc2-3)o1. The minimum Gasteiger partial charge on any atom is -0.465 e. The number of nitrogens with one attached hydrogen (secondary N) is 2. The first-order valence-electron chi connectivity index (χ1n) is 8.09. The van der Waals surface area contributed by atoms with E-state index in [2.05, 4.69) is 36.1 Å². The van der Waals surface area contributed by atoms with Gasteiger partial charge in [-0.05, 0) is 41.6 Å². The summed E-state index contributed by atoms with van der Waals surface area (Å²) in [6, 6.07) is 11.6. The van der Waals surface area contributed by atoms with E-state index in [1.54, 1.807) is 10.9 Å². The van der Waals surface area contributed by atoms with Gasteiger partial charge in [-0.1, -0.05) is 12.1 Å². The Bertz CT molecular complexity index is 1100. The Labute approximate surface area is 148 Å². The third kappa shape index (κ3) is 2.37. The van der Waals surface area contributed by atoms with Gasteiger partial charge in [0.15, 0.2) is 5.82 Å². The molecule has 9 heteroatoms. The van der Waals surface area contributed by atoms with Crippen LogP contribution in [0.3, 0.4) is 0 Å². The molecule has 2 N–H and O–H groups in total. The molecule has 0 amide bonds. The number of benzene rings is 1. The molecule has 0 unspecified atom stereocenters. The number of furan rings is 1. The first kappa shape index (κ1) is 14.6. The molecule has 128 valence electrons.